The van der Waals surface area contributed by atoms with Gasteiger partial charge in [-0.25, -0.2) is 0 Å². The summed E-state index contributed by atoms with van der Waals surface area (Å²) in [6.07, 6.45) is 0.604. The lowest BCUT2D eigenvalue weighted by molar-refractivity contribution is -0.121. The van der Waals surface area contributed by atoms with Gasteiger partial charge in [-0.1, -0.05) is 17.7 Å². The lowest BCUT2D eigenvalue weighted by atomic mass is 9.99. The van der Waals surface area contributed by atoms with Gasteiger partial charge in [-0.15, -0.1) is 0 Å². The second-order valence-electron chi connectivity index (χ2n) is 6.42. The topological polar surface area (TPSA) is 35.6 Å². The van der Waals surface area contributed by atoms with Gasteiger partial charge in [-0.3, -0.25) is 9.69 Å². The molecule has 2 rings (SSSR count). The molecule has 0 aliphatic carbocycles. The van der Waals surface area contributed by atoms with Crippen LogP contribution in [0.15, 0.2) is 12.1 Å². The van der Waals surface area contributed by atoms with Crippen molar-refractivity contribution < 1.29 is 4.79 Å². The van der Waals surface area contributed by atoms with Crippen molar-refractivity contribution in [1.82, 2.24) is 15.1 Å². The first-order chi connectivity index (χ1) is 10.5. The Morgan fingerprint density at radius 3 is 2.14 bits per heavy atom. The number of aryl methyl sites for hydroxylation is 3. The standard InChI is InChI=1S/C18H29N3O/c1-14-11-15(2)17(16(3)12-14)13-21-9-7-20(8-10-21)6-5-18(22)19-4/h11-12H,5-10,13H2,1-4H3,(H,19,22). The molecule has 0 unspecified atom stereocenters. The Kier molecular flexibility index (Phi) is 5.98. The van der Waals surface area contributed by atoms with Gasteiger partial charge in [-0.05, 0) is 37.5 Å². The monoisotopic (exact) mass is 303 g/mol. The normalized spacial score (nSPS) is 16.7. The van der Waals surface area contributed by atoms with E-state index in [4.69, 9.17) is 0 Å². The third kappa shape index (κ3) is 4.55. The van der Waals surface area contributed by atoms with Gasteiger partial charge >= 0.3 is 0 Å². The Bertz CT molecular complexity index is 496. The van der Waals surface area contributed by atoms with E-state index >= 15 is 0 Å². The van der Waals surface area contributed by atoms with Gasteiger partial charge in [0.05, 0.1) is 0 Å². The quantitative estimate of drug-likeness (QED) is 0.902. The number of carbonyl (C=O) groups is 1. The minimum absolute atomic E-state index is 0.133. The van der Waals surface area contributed by atoms with Crippen LogP contribution in [0.3, 0.4) is 0 Å². The third-order valence-corrected chi connectivity index (χ3v) is 4.62. The zero-order valence-corrected chi connectivity index (χ0v) is 14.4. The van der Waals surface area contributed by atoms with Crippen LogP contribution in [0.4, 0.5) is 0 Å². The van der Waals surface area contributed by atoms with E-state index < -0.39 is 0 Å². The molecule has 4 heteroatoms. The Morgan fingerprint density at radius 1 is 1.05 bits per heavy atom. The van der Waals surface area contributed by atoms with Crippen LogP contribution in [0.2, 0.25) is 0 Å². The van der Waals surface area contributed by atoms with Gasteiger partial charge in [-0.2, -0.15) is 0 Å². The number of hydrogen-bond donors (Lipinski definition) is 1. The van der Waals surface area contributed by atoms with E-state index in [1.807, 2.05) is 0 Å². The fourth-order valence-corrected chi connectivity index (χ4v) is 3.24. The van der Waals surface area contributed by atoms with Crippen molar-refractivity contribution in [2.75, 3.05) is 39.8 Å². The molecule has 1 fully saturated rings. The molecular weight excluding hydrogens is 274 g/mol. The second-order valence-corrected chi connectivity index (χ2v) is 6.42. The molecule has 22 heavy (non-hydrogen) atoms. The van der Waals surface area contributed by atoms with Crippen molar-refractivity contribution in [2.24, 2.45) is 0 Å². The molecule has 0 radical (unpaired) electrons. The Hall–Kier alpha value is -1.39. The number of piperazine rings is 1. The van der Waals surface area contributed by atoms with Crippen molar-refractivity contribution in [3.05, 3.63) is 34.4 Å². The number of nitrogens with zero attached hydrogens (tertiary/aromatic N) is 2. The summed E-state index contributed by atoms with van der Waals surface area (Å²) in [7, 11) is 1.70. The van der Waals surface area contributed by atoms with Crippen LogP contribution in [0.1, 0.15) is 28.7 Å². The summed E-state index contributed by atoms with van der Waals surface area (Å²) in [5.41, 5.74) is 5.63. The third-order valence-electron chi connectivity index (χ3n) is 4.62. The highest BCUT2D eigenvalue weighted by Gasteiger charge is 2.18. The molecule has 0 saturated carbocycles. The summed E-state index contributed by atoms with van der Waals surface area (Å²) in [6.45, 7) is 12.8. The molecule has 0 bridgehead atoms. The first-order valence-electron chi connectivity index (χ1n) is 8.21. The zero-order valence-electron chi connectivity index (χ0n) is 14.4. The van der Waals surface area contributed by atoms with E-state index in [-0.39, 0.29) is 5.91 Å². The summed E-state index contributed by atoms with van der Waals surface area (Å²) >= 11 is 0. The van der Waals surface area contributed by atoms with Crippen LogP contribution >= 0.6 is 0 Å². The van der Waals surface area contributed by atoms with Crippen molar-refractivity contribution in [3.8, 4) is 0 Å². The van der Waals surface area contributed by atoms with E-state index in [9.17, 15) is 4.79 Å². The average Bonchev–Trinajstić information content (AvgIpc) is 2.49. The molecule has 122 valence electrons. The molecular formula is C18H29N3O. The maximum Gasteiger partial charge on any atom is 0.221 e. The second kappa shape index (κ2) is 7.75. The molecule has 1 aliphatic rings. The predicted molar refractivity (Wildman–Crippen MR) is 91.1 cm³/mol. The maximum atomic E-state index is 11.3. The highest BCUT2D eigenvalue weighted by atomic mass is 16.1. The lowest BCUT2D eigenvalue weighted by Gasteiger charge is -2.35. The number of carbonyl (C=O) groups excluding carboxylic acids is 1. The van der Waals surface area contributed by atoms with Gasteiger partial charge in [0.1, 0.15) is 0 Å². The average molecular weight is 303 g/mol. The summed E-state index contributed by atoms with van der Waals surface area (Å²) < 4.78 is 0. The van der Waals surface area contributed by atoms with Gasteiger partial charge in [0.25, 0.3) is 0 Å². The number of benzene rings is 1. The van der Waals surface area contributed by atoms with Crippen LogP contribution in [0, 0.1) is 20.8 Å². The van der Waals surface area contributed by atoms with Gasteiger partial charge in [0.2, 0.25) is 5.91 Å². The number of rotatable bonds is 5. The summed E-state index contributed by atoms with van der Waals surface area (Å²) in [4.78, 5) is 16.2. The molecule has 1 aromatic rings. The van der Waals surface area contributed by atoms with Crippen molar-refractivity contribution in [3.63, 3.8) is 0 Å². The number of amides is 1. The van der Waals surface area contributed by atoms with Gasteiger partial charge in [0, 0.05) is 52.7 Å². The van der Waals surface area contributed by atoms with E-state index in [1.165, 1.54) is 22.3 Å². The Balaban J connectivity index is 1.84. The van der Waals surface area contributed by atoms with Crippen LogP contribution < -0.4 is 5.32 Å². The van der Waals surface area contributed by atoms with Gasteiger partial charge in [0.15, 0.2) is 0 Å². The zero-order chi connectivity index (χ0) is 16.1. The first-order valence-corrected chi connectivity index (χ1v) is 8.21. The highest BCUT2D eigenvalue weighted by Crippen LogP contribution is 2.19. The minimum atomic E-state index is 0.133. The highest BCUT2D eigenvalue weighted by molar-refractivity contribution is 5.75. The van der Waals surface area contributed by atoms with E-state index in [1.54, 1.807) is 7.05 Å². The SMILES string of the molecule is CNC(=O)CCN1CCN(Cc2c(C)cc(C)cc2C)CC1. The fourth-order valence-electron chi connectivity index (χ4n) is 3.24. The summed E-state index contributed by atoms with van der Waals surface area (Å²) in [6, 6.07) is 4.56. The van der Waals surface area contributed by atoms with Crippen LogP contribution in [0.25, 0.3) is 0 Å². The lowest BCUT2D eigenvalue weighted by Crippen LogP contribution is -2.46. The van der Waals surface area contributed by atoms with Crippen LogP contribution in [-0.4, -0.2) is 55.5 Å². The molecule has 4 nitrogen and oxygen atoms in total. The van der Waals surface area contributed by atoms with Crippen LogP contribution in [-0.2, 0) is 11.3 Å². The Morgan fingerprint density at radius 2 is 1.59 bits per heavy atom. The van der Waals surface area contributed by atoms with Gasteiger partial charge < -0.3 is 10.2 Å². The fraction of sp³-hybridized carbons (Fsp3) is 0.611. The molecule has 0 spiro atoms. The molecule has 1 saturated heterocycles. The van der Waals surface area contributed by atoms with Crippen molar-refractivity contribution in [1.29, 1.82) is 0 Å². The molecule has 0 aromatic heterocycles. The molecule has 0 atom stereocenters. The molecule has 1 aromatic carbocycles. The predicted octanol–water partition coefficient (Wildman–Crippen LogP) is 1.87. The molecule has 1 N–H and O–H groups in total. The van der Waals surface area contributed by atoms with Crippen LogP contribution in [0.5, 0.6) is 0 Å². The number of nitrogens with one attached hydrogen (secondary N) is 1. The van der Waals surface area contributed by atoms with Crippen molar-refractivity contribution >= 4 is 5.91 Å². The molecule has 1 amide bonds. The molecule has 1 aliphatic heterocycles. The van der Waals surface area contributed by atoms with Crippen molar-refractivity contribution in [2.45, 2.75) is 33.7 Å². The largest absolute Gasteiger partial charge is 0.359 e. The summed E-state index contributed by atoms with van der Waals surface area (Å²) in [5, 5.41) is 2.69. The maximum absolute atomic E-state index is 11.3. The van der Waals surface area contributed by atoms with E-state index in [0.717, 1.165) is 39.3 Å². The number of hydrogen-bond acceptors (Lipinski definition) is 3. The summed E-state index contributed by atoms with van der Waals surface area (Å²) in [5.74, 6) is 0.133. The van der Waals surface area contributed by atoms with E-state index in [0.29, 0.717) is 6.42 Å². The molecule has 1 heterocycles. The Labute approximate surface area is 134 Å². The first kappa shape index (κ1) is 17.0. The van der Waals surface area contributed by atoms with E-state index in [2.05, 4.69) is 48.0 Å². The smallest absolute Gasteiger partial charge is 0.221 e. The minimum Gasteiger partial charge on any atom is -0.359 e.